The predicted octanol–water partition coefficient (Wildman–Crippen LogP) is 2.61. The lowest BCUT2D eigenvalue weighted by Gasteiger charge is -2.19. The summed E-state index contributed by atoms with van der Waals surface area (Å²) in [6.45, 7) is 2.40. The Morgan fingerprint density at radius 1 is 1.15 bits per heavy atom. The topological polar surface area (TPSA) is 64.6 Å². The highest BCUT2D eigenvalue weighted by molar-refractivity contribution is 5.73. The Morgan fingerprint density at radius 3 is 2.77 bits per heavy atom. The molecule has 1 aliphatic rings. The predicted molar refractivity (Wildman–Crippen MR) is 99.7 cm³/mol. The van der Waals surface area contributed by atoms with Crippen molar-refractivity contribution in [1.82, 2.24) is 10.6 Å². The summed E-state index contributed by atoms with van der Waals surface area (Å²) in [6, 6.07) is 14.0. The molecular formula is C20H24FN3O2. The van der Waals surface area contributed by atoms with E-state index in [1.165, 1.54) is 23.4 Å². The number of benzene rings is 2. The molecule has 0 spiro atoms. The molecule has 1 unspecified atom stereocenters. The van der Waals surface area contributed by atoms with E-state index in [-0.39, 0.29) is 18.1 Å². The average Bonchev–Trinajstić information content (AvgIpc) is 3.07. The summed E-state index contributed by atoms with van der Waals surface area (Å²) in [5.41, 5.74) is 2.84. The quantitative estimate of drug-likeness (QED) is 0.668. The number of aliphatic hydroxyl groups is 1. The minimum Gasteiger partial charge on any atom is -0.386 e. The van der Waals surface area contributed by atoms with Crippen molar-refractivity contribution in [3.8, 4) is 0 Å². The minimum absolute atomic E-state index is 0.0354. The van der Waals surface area contributed by atoms with Crippen molar-refractivity contribution in [1.29, 1.82) is 0 Å². The molecule has 0 aromatic heterocycles. The monoisotopic (exact) mass is 357 g/mol. The van der Waals surface area contributed by atoms with Gasteiger partial charge >= 0.3 is 6.03 Å². The van der Waals surface area contributed by atoms with E-state index in [1.54, 1.807) is 12.1 Å². The maximum Gasteiger partial charge on any atom is 0.314 e. The summed E-state index contributed by atoms with van der Waals surface area (Å²) in [5.74, 6) is -0.479. The molecule has 6 heteroatoms. The van der Waals surface area contributed by atoms with Crippen LogP contribution >= 0.6 is 0 Å². The Kier molecular flexibility index (Phi) is 6.07. The van der Waals surface area contributed by atoms with Gasteiger partial charge in [-0.25, -0.2) is 9.18 Å². The van der Waals surface area contributed by atoms with Gasteiger partial charge in [0.1, 0.15) is 5.82 Å². The van der Waals surface area contributed by atoms with E-state index >= 15 is 0 Å². The first-order valence-electron chi connectivity index (χ1n) is 8.92. The van der Waals surface area contributed by atoms with Crippen LogP contribution < -0.4 is 15.5 Å². The molecule has 3 rings (SSSR count). The molecule has 2 aromatic carbocycles. The molecule has 0 bridgehead atoms. The number of hydrogen-bond donors (Lipinski definition) is 3. The number of amides is 2. The number of hydrogen-bond acceptors (Lipinski definition) is 3. The highest BCUT2D eigenvalue weighted by Gasteiger charge is 2.17. The second-order valence-electron chi connectivity index (χ2n) is 6.39. The van der Waals surface area contributed by atoms with Crippen molar-refractivity contribution in [3.05, 3.63) is 65.5 Å². The minimum atomic E-state index is -1.07. The number of rotatable bonds is 7. The summed E-state index contributed by atoms with van der Waals surface area (Å²) < 4.78 is 13.6. The maximum absolute atomic E-state index is 13.6. The maximum atomic E-state index is 13.6. The molecule has 0 radical (unpaired) electrons. The molecular weight excluding hydrogens is 333 g/mol. The SMILES string of the molecule is O=C(NCCCN1CCc2ccccc21)NCC(O)c1ccccc1F. The van der Waals surface area contributed by atoms with Crippen molar-refractivity contribution >= 4 is 11.7 Å². The van der Waals surface area contributed by atoms with Gasteiger partial charge in [-0.15, -0.1) is 0 Å². The van der Waals surface area contributed by atoms with E-state index < -0.39 is 11.9 Å². The molecule has 0 saturated carbocycles. The van der Waals surface area contributed by atoms with Crippen LogP contribution in [0.4, 0.5) is 14.9 Å². The highest BCUT2D eigenvalue weighted by atomic mass is 19.1. The van der Waals surface area contributed by atoms with Crippen molar-refractivity contribution in [2.75, 3.05) is 31.1 Å². The summed E-state index contributed by atoms with van der Waals surface area (Å²) >= 11 is 0. The van der Waals surface area contributed by atoms with E-state index in [0.29, 0.717) is 6.54 Å². The van der Waals surface area contributed by atoms with Crippen LogP contribution in [-0.2, 0) is 6.42 Å². The molecule has 0 fully saturated rings. The number of fused-ring (bicyclic) bond motifs is 1. The third-order valence-electron chi connectivity index (χ3n) is 4.59. The number of para-hydroxylation sites is 1. The summed E-state index contributed by atoms with van der Waals surface area (Å²) in [5, 5.41) is 15.3. The van der Waals surface area contributed by atoms with E-state index in [0.717, 1.165) is 25.9 Å². The van der Waals surface area contributed by atoms with Crippen LogP contribution in [-0.4, -0.2) is 37.3 Å². The number of halogens is 1. The normalized spacial score (nSPS) is 14.0. The van der Waals surface area contributed by atoms with Crippen LogP contribution in [0.3, 0.4) is 0 Å². The summed E-state index contributed by atoms with van der Waals surface area (Å²) in [6.07, 6.45) is 0.832. The van der Waals surface area contributed by atoms with Gasteiger partial charge in [0, 0.05) is 37.4 Å². The molecule has 0 aliphatic carbocycles. The summed E-state index contributed by atoms with van der Waals surface area (Å²) in [4.78, 5) is 14.1. The van der Waals surface area contributed by atoms with Crippen LogP contribution in [0.25, 0.3) is 0 Å². The van der Waals surface area contributed by atoms with Gasteiger partial charge in [-0.2, -0.15) is 0 Å². The molecule has 3 N–H and O–H groups in total. The van der Waals surface area contributed by atoms with E-state index in [2.05, 4.69) is 33.7 Å². The van der Waals surface area contributed by atoms with Crippen molar-refractivity contribution in [2.24, 2.45) is 0 Å². The number of nitrogens with zero attached hydrogens (tertiary/aromatic N) is 1. The molecule has 1 heterocycles. The van der Waals surface area contributed by atoms with Crippen LogP contribution in [0.5, 0.6) is 0 Å². The summed E-state index contributed by atoms with van der Waals surface area (Å²) in [7, 11) is 0. The number of nitrogens with one attached hydrogen (secondary N) is 2. The van der Waals surface area contributed by atoms with E-state index in [4.69, 9.17) is 0 Å². The first-order valence-corrected chi connectivity index (χ1v) is 8.92. The van der Waals surface area contributed by atoms with Gasteiger partial charge in [0.15, 0.2) is 0 Å². The number of anilines is 1. The number of urea groups is 1. The molecule has 2 aromatic rings. The van der Waals surface area contributed by atoms with Gasteiger partial charge in [0.05, 0.1) is 6.10 Å². The lowest BCUT2D eigenvalue weighted by Crippen LogP contribution is -2.39. The lowest BCUT2D eigenvalue weighted by atomic mass is 10.1. The zero-order chi connectivity index (χ0) is 18.4. The van der Waals surface area contributed by atoms with Crippen molar-refractivity contribution < 1.29 is 14.3 Å². The third kappa shape index (κ3) is 4.52. The highest BCUT2D eigenvalue weighted by Crippen LogP contribution is 2.27. The molecule has 26 heavy (non-hydrogen) atoms. The Bertz CT molecular complexity index is 753. The standard InChI is InChI=1S/C20H24FN3O2/c21-17-8-3-2-7-16(17)19(25)14-23-20(26)22-11-5-12-24-13-10-15-6-1-4-9-18(15)24/h1-4,6-9,19,25H,5,10-14H2,(H2,22,23,26). The van der Waals surface area contributed by atoms with E-state index in [1.807, 2.05) is 6.07 Å². The fourth-order valence-corrected chi connectivity index (χ4v) is 3.22. The van der Waals surface area contributed by atoms with Crippen molar-refractivity contribution in [2.45, 2.75) is 18.9 Å². The third-order valence-corrected chi connectivity index (χ3v) is 4.59. The average molecular weight is 357 g/mol. The smallest absolute Gasteiger partial charge is 0.314 e. The van der Waals surface area contributed by atoms with Gasteiger partial charge in [0.2, 0.25) is 0 Å². The van der Waals surface area contributed by atoms with Crippen molar-refractivity contribution in [3.63, 3.8) is 0 Å². The van der Waals surface area contributed by atoms with Crippen LogP contribution in [0.15, 0.2) is 48.5 Å². The van der Waals surface area contributed by atoms with Crippen LogP contribution in [0, 0.1) is 5.82 Å². The zero-order valence-corrected chi connectivity index (χ0v) is 14.6. The lowest BCUT2D eigenvalue weighted by molar-refractivity contribution is 0.169. The molecule has 138 valence electrons. The van der Waals surface area contributed by atoms with Gasteiger partial charge < -0.3 is 20.6 Å². The molecule has 1 atom stereocenters. The Morgan fingerprint density at radius 2 is 1.92 bits per heavy atom. The van der Waals surface area contributed by atoms with Crippen LogP contribution in [0.1, 0.15) is 23.7 Å². The molecule has 0 saturated heterocycles. The first kappa shape index (κ1) is 18.2. The zero-order valence-electron chi connectivity index (χ0n) is 14.6. The molecule has 2 amide bonds. The van der Waals surface area contributed by atoms with Crippen LogP contribution in [0.2, 0.25) is 0 Å². The van der Waals surface area contributed by atoms with Gasteiger partial charge in [0.25, 0.3) is 0 Å². The largest absolute Gasteiger partial charge is 0.386 e. The number of aliphatic hydroxyl groups excluding tert-OH is 1. The fraction of sp³-hybridized carbons (Fsp3) is 0.350. The Balaban J connectivity index is 1.34. The number of carbonyl (C=O) groups excluding carboxylic acids is 1. The Hall–Kier alpha value is -2.60. The molecule has 5 nitrogen and oxygen atoms in total. The second kappa shape index (κ2) is 8.67. The first-order chi connectivity index (χ1) is 12.6. The van der Waals surface area contributed by atoms with Gasteiger partial charge in [-0.3, -0.25) is 0 Å². The van der Waals surface area contributed by atoms with Gasteiger partial charge in [-0.1, -0.05) is 36.4 Å². The Labute approximate surface area is 152 Å². The van der Waals surface area contributed by atoms with Gasteiger partial charge in [-0.05, 0) is 30.5 Å². The van der Waals surface area contributed by atoms with E-state index in [9.17, 15) is 14.3 Å². The molecule has 1 aliphatic heterocycles. The second-order valence-corrected chi connectivity index (χ2v) is 6.39. The number of carbonyl (C=O) groups is 1. The fourth-order valence-electron chi connectivity index (χ4n) is 3.22.